The molecule has 6 heteroatoms. The largest absolute Gasteiger partial charge is 0.367 e. The van der Waals surface area contributed by atoms with Crippen molar-refractivity contribution in [3.05, 3.63) is 53.6 Å². The van der Waals surface area contributed by atoms with E-state index in [-0.39, 0.29) is 5.91 Å². The smallest absolute Gasteiger partial charge is 0.242 e. The summed E-state index contributed by atoms with van der Waals surface area (Å²) in [7, 11) is 0. The highest BCUT2D eigenvalue weighted by molar-refractivity contribution is 7.99. The van der Waals surface area contributed by atoms with Crippen molar-refractivity contribution in [1.29, 1.82) is 0 Å². The lowest BCUT2D eigenvalue weighted by atomic mass is 10.2. The monoisotopic (exact) mass is 387 g/mol. The zero-order valence-corrected chi connectivity index (χ0v) is 16.2. The first-order chi connectivity index (χ1) is 12.7. The van der Waals surface area contributed by atoms with E-state index in [1.165, 1.54) is 10.6 Å². The molecule has 4 rings (SSSR count). The highest BCUT2D eigenvalue weighted by Crippen LogP contribution is 2.34. The van der Waals surface area contributed by atoms with Gasteiger partial charge < -0.3 is 14.7 Å². The molecule has 2 heterocycles. The number of anilines is 2. The molecule has 1 fully saturated rings. The van der Waals surface area contributed by atoms with Crippen LogP contribution >= 0.6 is 23.4 Å². The van der Waals surface area contributed by atoms with Crippen molar-refractivity contribution in [2.45, 2.75) is 4.90 Å². The van der Waals surface area contributed by atoms with E-state index in [4.69, 9.17) is 11.6 Å². The van der Waals surface area contributed by atoms with Gasteiger partial charge in [0.05, 0.1) is 22.9 Å². The van der Waals surface area contributed by atoms with Crippen LogP contribution in [0.3, 0.4) is 0 Å². The lowest BCUT2D eigenvalue weighted by Gasteiger charge is -2.38. The van der Waals surface area contributed by atoms with E-state index in [0.717, 1.165) is 49.2 Å². The third kappa shape index (κ3) is 3.64. The van der Waals surface area contributed by atoms with Gasteiger partial charge in [-0.3, -0.25) is 4.79 Å². The normalized spacial score (nSPS) is 17.2. The second kappa shape index (κ2) is 7.80. The van der Waals surface area contributed by atoms with Gasteiger partial charge in [0.2, 0.25) is 5.91 Å². The predicted molar refractivity (Wildman–Crippen MR) is 110 cm³/mol. The van der Waals surface area contributed by atoms with Gasteiger partial charge in [0.15, 0.2) is 0 Å². The highest BCUT2D eigenvalue weighted by atomic mass is 35.5. The Kier molecular flexibility index (Phi) is 5.27. The molecular formula is C20H22ClN3OS. The van der Waals surface area contributed by atoms with Gasteiger partial charge in [-0.1, -0.05) is 35.9 Å². The zero-order valence-electron chi connectivity index (χ0n) is 14.6. The number of carbonyl (C=O) groups excluding carboxylic acids is 1. The van der Waals surface area contributed by atoms with Crippen LogP contribution in [0, 0.1) is 0 Å². The fourth-order valence-corrected chi connectivity index (χ4v) is 4.87. The molecule has 2 aliphatic heterocycles. The van der Waals surface area contributed by atoms with Crippen molar-refractivity contribution in [3.8, 4) is 0 Å². The van der Waals surface area contributed by atoms with Crippen LogP contribution in [-0.4, -0.2) is 55.8 Å². The van der Waals surface area contributed by atoms with E-state index in [9.17, 15) is 4.79 Å². The molecule has 1 saturated heterocycles. The molecule has 0 radical (unpaired) electrons. The molecule has 0 saturated carbocycles. The van der Waals surface area contributed by atoms with Crippen LogP contribution < -0.4 is 9.80 Å². The average molecular weight is 388 g/mol. The third-order valence-electron chi connectivity index (χ3n) is 4.98. The zero-order chi connectivity index (χ0) is 17.9. The quantitative estimate of drug-likeness (QED) is 0.804. The van der Waals surface area contributed by atoms with E-state index in [0.29, 0.717) is 6.54 Å². The van der Waals surface area contributed by atoms with E-state index < -0.39 is 0 Å². The molecule has 0 aromatic heterocycles. The fourth-order valence-electron chi connectivity index (χ4n) is 3.56. The molecule has 0 bridgehead atoms. The molecule has 26 heavy (non-hydrogen) atoms. The maximum Gasteiger partial charge on any atom is 0.242 e. The minimum absolute atomic E-state index is 0.213. The van der Waals surface area contributed by atoms with Crippen LogP contribution in [0.25, 0.3) is 0 Å². The first kappa shape index (κ1) is 17.6. The second-order valence-electron chi connectivity index (χ2n) is 6.56. The van der Waals surface area contributed by atoms with Gasteiger partial charge >= 0.3 is 0 Å². The van der Waals surface area contributed by atoms with Crippen molar-refractivity contribution in [3.63, 3.8) is 0 Å². The first-order valence-corrected chi connectivity index (χ1v) is 10.3. The Hall–Kier alpha value is -1.85. The fraction of sp³-hybridized carbons (Fsp3) is 0.350. The van der Waals surface area contributed by atoms with Crippen LogP contribution in [-0.2, 0) is 4.79 Å². The minimum atomic E-state index is 0.213. The number of thioether (sulfide) groups is 1. The van der Waals surface area contributed by atoms with Crippen molar-refractivity contribution >= 4 is 40.6 Å². The molecule has 0 unspecified atom stereocenters. The number of para-hydroxylation sites is 2. The molecule has 1 amide bonds. The maximum atomic E-state index is 12.8. The summed E-state index contributed by atoms with van der Waals surface area (Å²) in [4.78, 5) is 20.6. The molecule has 0 atom stereocenters. The molecule has 2 aromatic carbocycles. The SMILES string of the molecule is O=C(CN1CCSc2ccccc21)N1CCN(c2ccccc2Cl)CC1. The van der Waals surface area contributed by atoms with Gasteiger partial charge in [0.25, 0.3) is 0 Å². The number of amides is 1. The van der Waals surface area contributed by atoms with Gasteiger partial charge in [-0.15, -0.1) is 11.8 Å². The van der Waals surface area contributed by atoms with Gasteiger partial charge in [-0.05, 0) is 24.3 Å². The van der Waals surface area contributed by atoms with Gasteiger partial charge in [0.1, 0.15) is 0 Å². The summed E-state index contributed by atoms with van der Waals surface area (Å²) in [6.45, 7) is 4.52. The number of carbonyl (C=O) groups is 1. The Bertz CT molecular complexity index is 792. The Morgan fingerprint density at radius 1 is 0.923 bits per heavy atom. The number of hydrogen-bond acceptors (Lipinski definition) is 4. The van der Waals surface area contributed by atoms with Crippen molar-refractivity contribution < 1.29 is 4.79 Å². The predicted octanol–water partition coefficient (Wildman–Crippen LogP) is 3.60. The Labute approximate surface area is 163 Å². The minimum Gasteiger partial charge on any atom is -0.367 e. The van der Waals surface area contributed by atoms with Crippen molar-refractivity contribution in [1.82, 2.24) is 4.90 Å². The standard InChI is InChI=1S/C20H22ClN3OS/c21-16-5-1-2-6-17(16)22-9-11-23(12-10-22)20(25)15-24-13-14-26-19-8-4-3-7-18(19)24/h1-8H,9-15H2. The van der Waals surface area contributed by atoms with E-state index in [2.05, 4.69) is 28.0 Å². The van der Waals surface area contributed by atoms with Crippen LogP contribution in [0.2, 0.25) is 5.02 Å². The highest BCUT2D eigenvalue weighted by Gasteiger charge is 2.25. The molecule has 0 spiro atoms. The molecule has 0 aliphatic carbocycles. The van der Waals surface area contributed by atoms with Crippen molar-refractivity contribution in [2.75, 3.05) is 54.8 Å². The summed E-state index contributed by atoms with van der Waals surface area (Å²) < 4.78 is 0. The summed E-state index contributed by atoms with van der Waals surface area (Å²) in [6, 6.07) is 16.3. The number of hydrogen-bond donors (Lipinski definition) is 0. The van der Waals surface area contributed by atoms with Gasteiger partial charge in [-0.25, -0.2) is 0 Å². The summed E-state index contributed by atoms with van der Waals surface area (Å²) in [6.07, 6.45) is 0. The molecule has 2 aromatic rings. The van der Waals surface area contributed by atoms with E-state index >= 15 is 0 Å². The topological polar surface area (TPSA) is 26.8 Å². The van der Waals surface area contributed by atoms with Crippen LogP contribution in [0.4, 0.5) is 11.4 Å². The Morgan fingerprint density at radius 2 is 1.62 bits per heavy atom. The number of halogens is 1. The summed E-state index contributed by atoms with van der Waals surface area (Å²) in [5, 5.41) is 0.773. The number of fused-ring (bicyclic) bond motifs is 1. The molecular weight excluding hydrogens is 366 g/mol. The molecule has 4 nitrogen and oxygen atoms in total. The van der Waals surface area contributed by atoms with E-state index in [1.54, 1.807) is 0 Å². The Balaban J connectivity index is 1.37. The van der Waals surface area contributed by atoms with Crippen LogP contribution in [0.15, 0.2) is 53.4 Å². The Morgan fingerprint density at radius 3 is 2.38 bits per heavy atom. The lowest BCUT2D eigenvalue weighted by molar-refractivity contribution is -0.130. The third-order valence-corrected chi connectivity index (χ3v) is 6.34. The van der Waals surface area contributed by atoms with Crippen molar-refractivity contribution in [2.24, 2.45) is 0 Å². The summed E-state index contributed by atoms with van der Waals surface area (Å²) >= 11 is 8.17. The number of piperazine rings is 1. The molecule has 0 N–H and O–H groups in total. The summed E-state index contributed by atoms with van der Waals surface area (Å²) in [5.41, 5.74) is 2.25. The molecule has 2 aliphatic rings. The maximum absolute atomic E-state index is 12.8. The van der Waals surface area contributed by atoms with Gasteiger partial charge in [0, 0.05) is 43.4 Å². The number of rotatable bonds is 3. The van der Waals surface area contributed by atoms with Crippen LogP contribution in [0.5, 0.6) is 0 Å². The van der Waals surface area contributed by atoms with E-state index in [1.807, 2.05) is 47.0 Å². The van der Waals surface area contributed by atoms with Crippen LogP contribution in [0.1, 0.15) is 0 Å². The number of nitrogens with zero attached hydrogens (tertiary/aromatic N) is 3. The number of benzene rings is 2. The van der Waals surface area contributed by atoms with Gasteiger partial charge in [-0.2, -0.15) is 0 Å². The average Bonchev–Trinajstić information content (AvgIpc) is 2.69. The molecule has 136 valence electrons. The summed E-state index contributed by atoms with van der Waals surface area (Å²) in [5.74, 6) is 1.25. The first-order valence-electron chi connectivity index (χ1n) is 8.96. The lowest BCUT2D eigenvalue weighted by Crippen LogP contribution is -2.51. The second-order valence-corrected chi connectivity index (χ2v) is 8.10.